The molecule has 0 radical (unpaired) electrons. The van der Waals surface area contributed by atoms with Gasteiger partial charge in [0.1, 0.15) is 5.82 Å². The molecule has 0 unspecified atom stereocenters. The van der Waals surface area contributed by atoms with Crippen LogP contribution in [0.1, 0.15) is 36.9 Å². The number of hydrogen-bond acceptors (Lipinski definition) is 5. The van der Waals surface area contributed by atoms with Crippen molar-refractivity contribution in [1.82, 2.24) is 15.1 Å². The van der Waals surface area contributed by atoms with Crippen molar-refractivity contribution in [2.24, 2.45) is 0 Å². The number of sulfone groups is 1. The lowest BCUT2D eigenvalue weighted by Gasteiger charge is -2.13. The van der Waals surface area contributed by atoms with E-state index < -0.39 is 21.7 Å². The lowest BCUT2D eigenvalue weighted by molar-refractivity contribution is -0.136. The van der Waals surface area contributed by atoms with Gasteiger partial charge in [-0.15, -0.1) is 0 Å². The van der Waals surface area contributed by atoms with E-state index in [9.17, 15) is 18.0 Å². The second-order valence-corrected chi connectivity index (χ2v) is 9.03. The number of anilines is 1. The van der Waals surface area contributed by atoms with Crippen LogP contribution >= 0.6 is 0 Å². The maximum atomic E-state index is 12.4. The van der Waals surface area contributed by atoms with Gasteiger partial charge in [-0.1, -0.05) is 31.0 Å². The summed E-state index contributed by atoms with van der Waals surface area (Å²) in [5.74, 6) is -1.65. The van der Waals surface area contributed by atoms with E-state index in [-0.39, 0.29) is 23.4 Å². The zero-order valence-corrected chi connectivity index (χ0v) is 15.5. The zero-order valence-electron chi connectivity index (χ0n) is 14.6. The van der Waals surface area contributed by atoms with Crippen LogP contribution in [0.5, 0.6) is 0 Å². The summed E-state index contributed by atoms with van der Waals surface area (Å²) in [6.45, 7) is 0. The second-order valence-electron chi connectivity index (χ2n) is 6.96. The Labute approximate surface area is 156 Å². The average Bonchev–Trinajstić information content (AvgIpc) is 3.32. The van der Waals surface area contributed by atoms with Crippen molar-refractivity contribution in [3.8, 4) is 5.69 Å². The third-order valence-electron chi connectivity index (χ3n) is 4.92. The molecule has 1 aliphatic heterocycles. The summed E-state index contributed by atoms with van der Waals surface area (Å²) in [7, 11) is -3.29. The molecule has 2 heterocycles. The molecule has 0 atom stereocenters. The first-order valence-corrected chi connectivity index (χ1v) is 10.7. The van der Waals surface area contributed by atoms with Crippen molar-refractivity contribution in [1.29, 1.82) is 0 Å². The van der Waals surface area contributed by atoms with E-state index >= 15 is 0 Å². The van der Waals surface area contributed by atoms with Gasteiger partial charge in [0, 0.05) is 11.6 Å². The lowest BCUT2D eigenvalue weighted by Crippen LogP contribution is -2.41. The Kier molecular flexibility index (Phi) is 4.47. The molecule has 27 heavy (non-hydrogen) atoms. The molecule has 4 rings (SSSR count). The largest absolute Gasteiger partial charge is 0.345 e. The first-order valence-electron chi connectivity index (χ1n) is 8.91. The number of carbonyl (C=O) groups is 2. The predicted molar refractivity (Wildman–Crippen MR) is 98.9 cm³/mol. The smallest absolute Gasteiger partial charge is 0.314 e. The molecule has 9 heteroatoms. The molecule has 2 N–H and O–H groups in total. The van der Waals surface area contributed by atoms with Gasteiger partial charge in [0.15, 0.2) is 9.84 Å². The highest BCUT2D eigenvalue weighted by atomic mass is 32.2. The number of carbonyl (C=O) groups excluding carboxylic acids is 2. The molecule has 2 aliphatic rings. The summed E-state index contributed by atoms with van der Waals surface area (Å²) in [5.41, 5.74) is 1.53. The van der Waals surface area contributed by atoms with Gasteiger partial charge in [-0.3, -0.25) is 9.59 Å². The lowest BCUT2D eigenvalue weighted by atomic mass is 10.2. The summed E-state index contributed by atoms with van der Waals surface area (Å²) in [5, 5.41) is 9.68. The fourth-order valence-electron chi connectivity index (χ4n) is 3.61. The molecule has 1 aliphatic carbocycles. The molecular formula is C18H20N4O4S. The average molecular weight is 388 g/mol. The molecule has 0 spiro atoms. The Bertz CT molecular complexity index is 992. The van der Waals surface area contributed by atoms with E-state index in [0.717, 1.165) is 25.7 Å². The summed E-state index contributed by atoms with van der Waals surface area (Å²) in [6, 6.07) is 9.09. The van der Waals surface area contributed by atoms with Crippen molar-refractivity contribution in [2.45, 2.75) is 43.2 Å². The van der Waals surface area contributed by atoms with Crippen molar-refractivity contribution in [3.05, 3.63) is 41.6 Å². The number of benzene rings is 1. The van der Waals surface area contributed by atoms with Gasteiger partial charge in [-0.2, -0.15) is 5.10 Å². The Balaban J connectivity index is 1.62. The molecular weight excluding hydrogens is 368 g/mol. The quantitative estimate of drug-likeness (QED) is 0.770. The fourth-order valence-corrected chi connectivity index (χ4v) is 5.11. The first-order chi connectivity index (χ1) is 12.9. The highest BCUT2D eigenvalue weighted by Gasteiger charge is 2.34. The van der Waals surface area contributed by atoms with Crippen LogP contribution in [0.2, 0.25) is 0 Å². The van der Waals surface area contributed by atoms with Gasteiger partial charge in [0.25, 0.3) is 0 Å². The van der Waals surface area contributed by atoms with Crippen LogP contribution in [0.4, 0.5) is 5.82 Å². The van der Waals surface area contributed by atoms with Gasteiger partial charge in [0.2, 0.25) is 0 Å². The predicted octanol–water partition coefficient (Wildman–Crippen LogP) is 1.30. The third kappa shape index (κ3) is 3.59. The Morgan fingerprint density at radius 3 is 2.44 bits per heavy atom. The number of hydrogen-bond donors (Lipinski definition) is 2. The van der Waals surface area contributed by atoms with E-state index in [0.29, 0.717) is 16.9 Å². The SMILES string of the molecule is O=C(Nc1c2c(nn1-c1ccccc1)CS(=O)(=O)C2)C(=O)NC1CCCC1. The molecule has 2 aromatic rings. The van der Waals surface area contributed by atoms with Crippen molar-refractivity contribution in [2.75, 3.05) is 5.32 Å². The molecule has 8 nitrogen and oxygen atoms in total. The van der Waals surface area contributed by atoms with E-state index in [2.05, 4.69) is 15.7 Å². The number of para-hydroxylation sites is 1. The third-order valence-corrected chi connectivity index (χ3v) is 6.36. The summed E-state index contributed by atoms with van der Waals surface area (Å²) in [4.78, 5) is 24.7. The van der Waals surface area contributed by atoms with Crippen LogP contribution in [0.3, 0.4) is 0 Å². The second kappa shape index (κ2) is 6.80. The van der Waals surface area contributed by atoms with E-state index in [1.165, 1.54) is 4.68 Å². The van der Waals surface area contributed by atoms with Crippen LogP contribution in [-0.2, 0) is 30.9 Å². The monoisotopic (exact) mass is 388 g/mol. The van der Waals surface area contributed by atoms with Crippen LogP contribution in [0, 0.1) is 0 Å². The molecule has 1 aromatic carbocycles. The summed E-state index contributed by atoms with van der Waals surface area (Å²) in [6.07, 6.45) is 3.82. The minimum absolute atomic E-state index is 0.0216. The van der Waals surface area contributed by atoms with Gasteiger partial charge < -0.3 is 10.6 Å². The number of rotatable bonds is 3. The fraction of sp³-hybridized carbons (Fsp3) is 0.389. The minimum atomic E-state index is -3.29. The zero-order chi connectivity index (χ0) is 19.0. The van der Waals surface area contributed by atoms with Crippen LogP contribution in [-0.4, -0.2) is 36.1 Å². The topological polar surface area (TPSA) is 110 Å². The summed E-state index contributed by atoms with van der Waals surface area (Å²) < 4.78 is 25.4. The Morgan fingerprint density at radius 1 is 1.04 bits per heavy atom. The Morgan fingerprint density at radius 2 is 1.74 bits per heavy atom. The minimum Gasteiger partial charge on any atom is -0.345 e. The maximum Gasteiger partial charge on any atom is 0.314 e. The van der Waals surface area contributed by atoms with Crippen LogP contribution in [0.15, 0.2) is 30.3 Å². The van der Waals surface area contributed by atoms with Gasteiger partial charge in [-0.05, 0) is 25.0 Å². The molecule has 2 amide bonds. The van der Waals surface area contributed by atoms with Gasteiger partial charge >= 0.3 is 11.8 Å². The molecule has 1 aromatic heterocycles. The molecule has 0 bridgehead atoms. The number of nitrogens with zero attached hydrogens (tertiary/aromatic N) is 2. The number of aromatic nitrogens is 2. The normalized spacial score (nSPS) is 18.2. The highest BCUT2D eigenvalue weighted by molar-refractivity contribution is 7.90. The standard InChI is InChI=1S/C18H20N4O4S/c23-17(19-12-6-4-5-7-12)18(24)20-16-14-10-27(25,26)11-15(14)21-22(16)13-8-2-1-3-9-13/h1-3,8-9,12H,4-7,10-11H2,(H,19,23)(H,20,24). The Hall–Kier alpha value is -2.68. The number of nitrogens with one attached hydrogen (secondary N) is 2. The highest BCUT2D eigenvalue weighted by Crippen LogP contribution is 2.32. The van der Waals surface area contributed by atoms with E-state index in [1.54, 1.807) is 12.1 Å². The van der Waals surface area contributed by atoms with Crippen molar-refractivity contribution < 1.29 is 18.0 Å². The van der Waals surface area contributed by atoms with Gasteiger partial charge in [-0.25, -0.2) is 13.1 Å². The molecule has 1 saturated carbocycles. The molecule has 0 saturated heterocycles. The van der Waals surface area contributed by atoms with Gasteiger partial charge in [0.05, 0.1) is 22.9 Å². The molecule has 1 fully saturated rings. The van der Waals surface area contributed by atoms with Crippen molar-refractivity contribution in [3.63, 3.8) is 0 Å². The summed E-state index contributed by atoms with van der Waals surface area (Å²) >= 11 is 0. The van der Waals surface area contributed by atoms with E-state index in [1.807, 2.05) is 18.2 Å². The van der Waals surface area contributed by atoms with E-state index in [4.69, 9.17) is 0 Å². The number of fused-ring (bicyclic) bond motifs is 1. The van der Waals surface area contributed by atoms with Crippen molar-refractivity contribution >= 4 is 27.5 Å². The van der Waals surface area contributed by atoms with Crippen LogP contribution < -0.4 is 10.6 Å². The molecule has 142 valence electrons. The maximum absolute atomic E-state index is 12.4. The number of amides is 2. The van der Waals surface area contributed by atoms with Crippen LogP contribution in [0.25, 0.3) is 5.69 Å². The first kappa shape index (κ1) is 17.7.